The van der Waals surface area contributed by atoms with Crippen molar-refractivity contribution >= 4 is 17.5 Å². The summed E-state index contributed by atoms with van der Waals surface area (Å²) in [6.07, 6.45) is 3.37. The summed E-state index contributed by atoms with van der Waals surface area (Å²) in [7, 11) is 1.60. The highest BCUT2D eigenvalue weighted by Crippen LogP contribution is 2.31. The van der Waals surface area contributed by atoms with E-state index in [0.717, 1.165) is 31.6 Å². The van der Waals surface area contributed by atoms with Gasteiger partial charge in [0.25, 0.3) is 0 Å². The summed E-state index contributed by atoms with van der Waals surface area (Å²) >= 11 is 0. The minimum absolute atomic E-state index is 0.0174. The number of carbonyl (C=O) groups excluding carboxylic acids is 2. The van der Waals surface area contributed by atoms with Crippen LogP contribution in [-0.4, -0.2) is 44.6 Å². The number of carbonyl (C=O) groups is 2. The van der Waals surface area contributed by atoms with Gasteiger partial charge in [-0.3, -0.25) is 9.59 Å². The van der Waals surface area contributed by atoms with Gasteiger partial charge in [0.05, 0.1) is 12.8 Å². The third kappa shape index (κ3) is 4.18. The number of ether oxygens (including phenoxy) is 1. The maximum atomic E-state index is 12.7. The van der Waals surface area contributed by atoms with Crippen molar-refractivity contribution in [3.63, 3.8) is 0 Å². The summed E-state index contributed by atoms with van der Waals surface area (Å²) in [6, 6.07) is 7.05. The summed E-state index contributed by atoms with van der Waals surface area (Å²) in [5.74, 6) is 1.53. The molecular weight excluding hydrogens is 330 g/mol. The van der Waals surface area contributed by atoms with E-state index in [0.29, 0.717) is 37.0 Å². The van der Waals surface area contributed by atoms with Gasteiger partial charge in [0.2, 0.25) is 11.8 Å². The van der Waals surface area contributed by atoms with Gasteiger partial charge in [-0.05, 0) is 56.3 Å². The van der Waals surface area contributed by atoms with Crippen LogP contribution in [0.3, 0.4) is 0 Å². The number of nitrogens with one attached hydrogen (secondary N) is 2. The molecule has 6 heteroatoms. The first-order valence-electron chi connectivity index (χ1n) is 9.54. The minimum atomic E-state index is -0.437. The first-order valence-corrected chi connectivity index (χ1v) is 9.54. The van der Waals surface area contributed by atoms with Crippen molar-refractivity contribution in [2.24, 2.45) is 11.8 Å². The zero-order valence-electron chi connectivity index (χ0n) is 15.7. The third-order valence-electron chi connectivity index (χ3n) is 5.61. The number of hydrogen-bond acceptors (Lipinski definition) is 4. The first kappa shape index (κ1) is 18.7. The van der Waals surface area contributed by atoms with Crippen LogP contribution in [0.2, 0.25) is 0 Å². The molecule has 0 aliphatic carbocycles. The van der Waals surface area contributed by atoms with Crippen molar-refractivity contribution in [3.8, 4) is 5.75 Å². The van der Waals surface area contributed by atoms with E-state index in [1.807, 2.05) is 24.3 Å². The molecule has 142 valence electrons. The molecule has 2 aliphatic heterocycles. The number of piperidine rings is 1. The van der Waals surface area contributed by atoms with Gasteiger partial charge in [0.15, 0.2) is 0 Å². The van der Waals surface area contributed by atoms with E-state index in [2.05, 4.69) is 17.6 Å². The van der Waals surface area contributed by atoms with Crippen LogP contribution in [0.4, 0.5) is 5.69 Å². The van der Waals surface area contributed by atoms with Gasteiger partial charge in [-0.15, -0.1) is 0 Å². The number of para-hydroxylation sites is 2. The van der Waals surface area contributed by atoms with Gasteiger partial charge in [0.1, 0.15) is 11.8 Å². The smallest absolute Gasteiger partial charge is 0.249 e. The maximum Gasteiger partial charge on any atom is 0.249 e. The Labute approximate surface area is 155 Å². The van der Waals surface area contributed by atoms with Crippen LogP contribution >= 0.6 is 0 Å². The summed E-state index contributed by atoms with van der Waals surface area (Å²) in [6.45, 7) is 4.80. The topological polar surface area (TPSA) is 70.7 Å². The summed E-state index contributed by atoms with van der Waals surface area (Å²) in [4.78, 5) is 26.9. The molecule has 3 rings (SSSR count). The van der Waals surface area contributed by atoms with E-state index in [4.69, 9.17) is 4.74 Å². The number of amides is 2. The summed E-state index contributed by atoms with van der Waals surface area (Å²) in [5, 5.41) is 6.31. The lowest BCUT2D eigenvalue weighted by atomic mass is 9.84. The van der Waals surface area contributed by atoms with Crippen LogP contribution < -0.4 is 20.3 Å². The highest BCUT2D eigenvalue weighted by Gasteiger charge is 2.35. The fourth-order valence-corrected chi connectivity index (χ4v) is 4.03. The van der Waals surface area contributed by atoms with E-state index in [9.17, 15) is 9.59 Å². The van der Waals surface area contributed by atoms with Gasteiger partial charge in [-0.2, -0.15) is 0 Å². The molecule has 1 aromatic rings. The zero-order chi connectivity index (χ0) is 18.5. The molecule has 0 bridgehead atoms. The van der Waals surface area contributed by atoms with Gasteiger partial charge in [-0.25, -0.2) is 0 Å². The van der Waals surface area contributed by atoms with E-state index in [-0.39, 0.29) is 11.8 Å². The second-order valence-electron chi connectivity index (χ2n) is 7.34. The van der Waals surface area contributed by atoms with Crippen LogP contribution in [0.25, 0.3) is 0 Å². The van der Waals surface area contributed by atoms with E-state index in [1.54, 1.807) is 12.0 Å². The van der Waals surface area contributed by atoms with E-state index < -0.39 is 6.04 Å². The number of nitrogens with zero attached hydrogens (tertiary/aromatic N) is 1. The molecule has 2 aliphatic rings. The average Bonchev–Trinajstić information content (AvgIpc) is 3.02. The van der Waals surface area contributed by atoms with Crippen molar-refractivity contribution in [2.45, 2.75) is 38.6 Å². The van der Waals surface area contributed by atoms with Crippen LogP contribution in [0.15, 0.2) is 24.3 Å². The summed E-state index contributed by atoms with van der Waals surface area (Å²) in [5.41, 5.74) is 0.764. The Morgan fingerprint density at radius 3 is 2.77 bits per heavy atom. The number of anilines is 1. The lowest BCUT2D eigenvalue weighted by Crippen LogP contribution is -2.42. The molecule has 2 atom stereocenters. The van der Waals surface area contributed by atoms with Crippen molar-refractivity contribution in [2.75, 3.05) is 31.6 Å². The van der Waals surface area contributed by atoms with Crippen molar-refractivity contribution in [1.82, 2.24) is 10.6 Å². The highest BCUT2D eigenvalue weighted by molar-refractivity contribution is 6.02. The Bertz CT molecular complexity index is 643. The molecule has 2 fully saturated rings. The minimum Gasteiger partial charge on any atom is -0.495 e. The SMILES string of the molecule is COc1ccccc1N1CCC(NC(=O)CC(C)C2CCNCC2)C1=O. The van der Waals surface area contributed by atoms with Gasteiger partial charge < -0.3 is 20.3 Å². The van der Waals surface area contributed by atoms with Crippen molar-refractivity contribution < 1.29 is 14.3 Å². The predicted octanol–water partition coefficient (Wildman–Crippen LogP) is 1.94. The zero-order valence-corrected chi connectivity index (χ0v) is 15.7. The standard InChI is InChI=1S/C20H29N3O3/c1-14(15-7-10-21-11-8-15)13-19(24)22-16-9-12-23(20(16)25)17-5-3-4-6-18(17)26-2/h3-6,14-16,21H,7-13H2,1-2H3,(H,22,24). The Hall–Kier alpha value is -2.08. The Kier molecular flexibility index (Phi) is 6.14. The van der Waals surface area contributed by atoms with Crippen LogP contribution in [-0.2, 0) is 9.59 Å². The number of methoxy groups -OCH3 is 1. The Morgan fingerprint density at radius 2 is 2.04 bits per heavy atom. The molecule has 2 amide bonds. The third-order valence-corrected chi connectivity index (χ3v) is 5.61. The van der Waals surface area contributed by atoms with Crippen LogP contribution in [0.5, 0.6) is 5.75 Å². The van der Waals surface area contributed by atoms with E-state index >= 15 is 0 Å². The average molecular weight is 359 g/mol. The van der Waals surface area contributed by atoms with Gasteiger partial charge in [-0.1, -0.05) is 19.1 Å². The maximum absolute atomic E-state index is 12.7. The molecule has 6 nitrogen and oxygen atoms in total. The molecule has 0 spiro atoms. The normalized spacial score (nSPS) is 22.3. The molecule has 0 radical (unpaired) electrons. The van der Waals surface area contributed by atoms with Crippen molar-refractivity contribution in [3.05, 3.63) is 24.3 Å². The molecule has 2 saturated heterocycles. The molecule has 0 saturated carbocycles. The van der Waals surface area contributed by atoms with Gasteiger partial charge >= 0.3 is 0 Å². The predicted molar refractivity (Wildman–Crippen MR) is 101 cm³/mol. The van der Waals surface area contributed by atoms with E-state index in [1.165, 1.54) is 0 Å². The fourth-order valence-electron chi connectivity index (χ4n) is 4.03. The number of benzene rings is 1. The van der Waals surface area contributed by atoms with Crippen LogP contribution in [0, 0.1) is 11.8 Å². The molecule has 2 unspecified atom stereocenters. The second-order valence-corrected chi connectivity index (χ2v) is 7.34. The molecule has 0 aromatic heterocycles. The second kappa shape index (κ2) is 8.54. The lowest BCUT2D eigenvalue weighted by Gasteiger charge is -2.28. The first-order chi connectivity index (χ1) is 12.6. The number of rotatable bonds is 6. The molecule has 1 aromatic carbocycles. The molecule has 26 heavy (non-hydrogen) atoms. The Morgan fingerprint density at radius 1 is 1.31 bits per heavy atom. The molecule has 2 heterocycles. The van der Waals surface area contributed by atoms with Gasteiger partial charge in [0, 0.05) is 13.0 Å². The monoisotopic (exact) mass is 359 g/mol. The van der Waals surface area contributed by atoms with Crippen LogP contribution in [0.1, 0.15) is 32.6 Å². The molecule has 2 N–H and O–H groups in total. The fraction of sp³-hybridized carbons (Fsp3) is 0.600. The largest absolute Gasteiger partial charge is 0.495 e. The van der Waals surface area contributed by atoms with Crippen molar-refractivity contribution in [1.29, 1.82) is 0 Å². The Balaban J connectivity index is 1.55. The lowest BCUT2D eigenvalue weighted by molar-refractivity contribution is -0.127. The number of hydrogen-bond donors (Lipinski definition) is 2. The molecular formula is C20H29N3O3. The highest BCUT2D eigenvalue weighted by atomic mass is 16.5. The summed E-state index contributed by atoms with van der Waals surface area (Å²) < 4.78 is 5.36. The quantitative estimate of drug-likeness (QED) is 0.814.